The van der Waals surface area contributed by atoms with Gasteiger partial charge in [-0.1, -0.05) is 18.2 Å². The van der Waals surface area contributed by atoms with Crippen molar-refractivity contribution in [2.75, 3.05) is 25.5 Å². The molecular weight excluding hydrogens is 346 g/mol. The molecule has 1 atom stereocenters. The molecule has 1 aromatic carbocycles. The Balaban J connectivity index is 1.57. The van der Waals surface area contributed by atoms with Crippen molar-refractivity contribution in [2.45, 2.75) is 26.3 Å². The smallest absolute Gasteiger partial charge is 0.321 e. The third-order valence-electron chi connectivity index (χ3n) is 4.81. The van der Waals surface area contributed by atoms with Gasteiger partial charge in [0.2, 0.25) is 5.91 Å². The lowest BCUT2D eigenvalue weighted by Crippen LogP contribution is -2.47. The van der Waals surface area contributed by atoms with Gasteiger partial charge in [-0.2, -0.15) is 0 Å². The van der Waals surface area contributed by atoms with Crippen LogP contribution in [-0.2, 0) is 11.3 Å². The molecule has 2 heterocycles. The number of anilines is 1. The first-order valence-corrected chi connectivity index (χ1v) is 9.81. The Kier molecular flexibility index (Phi) is 5.93. The number of carbonyl (C=O) groups excluding carboxylic acids is 2. The summed E-state index contributed by atoms with van der Waals surface area (Å²) in [5, 5.41) is 4.96. The Morgan fingerprint density at radius 3 is 2.73 bits per heavy atom. The summed E-state index contributed by atoms with van der Waals surface area (Å²) >= 11 is 1.68. The molecule has 0 spiro atoms. The molecule has 3 amide bonds. The van der Waals surface area contributed by atoms with Gasteiger partial charge in [-0.3, -0.25) is 4.79 Å². The second-order valence-corrected chi connectivity index (χ2v) is 7.80. The number of thiophene rings is 1. The van der Waals surface area contributed by atoms with Crippen LogP contribution in [0, 0.1) is 12.8 Å². The summed E-state index contributed by atoms with van der Waals surface area (Å²) in [6.45, 7) is 3.87. The van der Waals surface area contributed by atoms with Gasteiger partial charge in [0, 0.05) is 30.7 Å². The number of benzene rings is 1. The summed E-state index contributed by atoms with van der Waals surface area (Å²) in [5.41, 5.74) is 2.00. The molecule has 0 radical (unpaired) electrons. The quantitative estimate of drug-likeness (QED) is 0.884. The molecule has 1 aliphatic heterocycles. The second-order valence-electron chi connectivity index (χ2n) is 6.80. The van der Waals surface area contributed by atoms with Gasteiger partial charge in [0.1, 0.15) is 0 Å². The van der Waals surface area contributed by atoms with Crippen molar-refractivity contribution in [3.8, 4) is 0 Å². The van der Waals surface area contributed by atoms with Gasteiger partial charge in [0.05, 0.1) is 12.5 Å². The normalized spacial score (nSPS) is 17.0. The molecule has 1 unspecified atom stereocenters. The zero-order chi connectivity index (χ0) is 18.5. The standard InChI is InChI=1S/C20H25N3O2S/c1-15-10-12-26-18(15)14-22(2)19(24)16-7-6-11-23(13-16)20(25)21-17-8-4-3-5-9-17/h3-5,8-10,12,16H,6-7,11,13-14H2,1-2H3,(H,21,25). The number of amides is 3. The first-order chi connectivity index (χ1) is 12.5. The molecule has 26 heavy (non-hydrogen) atoms. The fourth-order valence-electron chi connectivity index (χ4n) is 3.26. The Bertz CT molecular complexity index is 759. The number of urea groups is 1. The number of nitrogens with zero attached hydrogens (tertiary/aromatic N) is 2. The van der Waals surface area contributed by atoms with Gasteiger partial charge in [-0.25, -0.2) is 4.79 Å². The molecule has 6 heteroatoms. The maximum atomic E-state index is 12.8. The summed E-state index contributed by atoms with van der Waals surface area (Å²) in [5.74, 6) is -0.00875. The number of carbonyl (C=O) groups is 2. The van der Waals surface area contributed by atoms with Crippen LogP contribution in [0.25, 0.3) is 0 Å². The fourth-order valence-corrected chi connectivity index (χ4v) is 4.22. The van der Waals surface area contributed by atoms with E-state index < -0.39 is 0 Å². The van der Waals surface area contributed by atoms with Crippen molar-refractivity contribution in [3.05, 3.63) is 52.2 Å². The van der Waals surface area contributed by atoms with Crippen molar-refractivity contribution in [1.29, 1.82) is 0 Å². The number of rotatable bonds is 4. The monoisotopic (exact) mass is 371 g/mol. The summed E-state index contributed by atoms with van der Waals surface area (Å²) < 4.78 is 0. The molecule has 1 N–H and O–H groups in total. The lowest BCUT2D eigenvalue weighted by atomic mass is 9.97. The van der Waals surface area contributed by atoms with Crippen LogP contribution in [-0.4, -0.2) is 41.9 Å². The zero-order valence-corrected chi connectivity index (χ0v) is 16.1. The topological polar surface area (TPSA) is 52.7 Å². The number of piperidine rings is 1. The van der Waals surface area contributed by atoms with Crippen molar-refractivity contribution in [2.24, 2.45) is 5.92 Å². The predicted octanol–water partition coefficient (Wildman–Crippen LogP) is 3.96. The van der Waals surface area contributed by atoms with E-state index in [1.165, 1.54) is 10.4 Å². The summed E-state index contributed by atoms with van der Waals surface area (Å²) in [6.07, 6.45) is 1.69. The number of hydrogen-bond donors (Lipinski definition) is 1. The third kappa shape index (κ3) is 4.43. The minimum Gasteiger partial charge on any atom is -0.340 e. The number of aryl methyl sites for hydroxylation is 1. The highest BCUT2D eigenvalue weighted by molar-refractivity contribution is 7.10. The lowest BCUT2D eigenvalue weighted by molar-refractivity contribution is -0.136. The molecule has 5 nitrogen and oxygen atoms in total. The SMILES string of the molecule is Cc1ccsc1CN(C)C(=O)C1CCCN(C(=O)Nc2ccccc2)C1. The van der Waals surface area contributed by atoms with Crippen LogP contribution in [0.2, 0.25) is 0 Å². The second kappa shape index (κ2) is 8.36. The lowest BCUT2D eigenvalue weighted by Gasteiger charge is -2.34. The van der Waals surface area contributed by atoms with E-state index in [-0.39, 0.29) is 17.9 Å². The van der Waals surface area contributed by atoms with E-state index in [0.29, 0.717) is 19.6 Å². The first kappa shape index (κ1) is 18.5. The molecular formula is C20H25N3O2S. The maximum Gasteiger partial charge on any atom is 0.321 e. The fraction of sp³-hybridized carbons (Fsp3) is 0.400. The molecule has 3 rings (SSSR count). The van der Waals surface area contributed by atoms with Crippen LogP contribution < -0.4 is 5.32 Å². The van der Waals surface area contributed by atoms with Crippen molar-refractivity contribution < 1.29 is 9.59 Å². The summed E-state index contributed by atoms with van der Waals surface area (Å²) in [4.78, 5) is 30.1. The van der Waals surface area contributed by atoms with E-state index in [1.807, 2.05) is 37.4 Å². The highest BCUT2D eigenvalue weighted by Crippen LogP contribution is 2.22. The first-order valence-electron chi connectivity index (χ1n) is 8.93. The van der Waals surface area contributed by atoms with Crippen LogP contribution in [0.5, 0.6) is 0 Å². The largest absolute Gasteiger partial charge is 0.340 e. The van der Waals surface area contributed by atoms with Crippen molar-refractivity contribution in [1.82, 2.24) is 9.80 Å². The van der Waals surface area contributed by atoms with Crippen molar-refractivity contribution >= 4 is 29.0 Å². The Morgan fingerprint density at radius 1 is 1.27 bits per heavy atom. The van der Waals surface area contributed by atoms with Gasteiger partial charge in [-0.15, -0.1) is 11.3 Å². The van der Waals surface area contributed by atoms with E-state index in [2.05, 4.69) is 23.7 Å². The molecule has 1 aromatic heterocycles. The molecule has 2 aromatic rings. The average molecular weight is 372 g/mol. The highest BCUT2D eigenvalue weighted by Gasteiger charge is 2.30. The molecule has 1 fully saturated rings. The Hall–Kier alpha value is -2.34. The van der Waals surface area contributed by atoms with Gasteiger partial charge >= 0.3 is 6.03 Å². The van der Waals surface area contributed by atoms with Gasteiger partial charge in [0.25, 0.3) is 0 Å². The summed E-state index contributed by atoms with van der Waals surface area (Å²) in [7, 11) is 1.85. The number of hydrogen-bond acceptors (Lipinski definition) is 3. The van der Waals surface area contributed by atoms with Crippen LogP contribution in [0.3, 0.4) is 0 Å². The predicted molar refractivity (Wildman–Crippen MR) is 105 cm³/mol. The Morgan fingerprint density at radius 2 is 2.04 bits per heavy atom. The average Bonchev–Trinajstić information content (AvgIpc) is 3.06. The van der Waals surface area contributed by atoms with E-state index in [0.717, 1.165) is 18.5 Å². The number of nitrogens with one attached hydrogen (secondary N) is 1. The van der Waals surface area contributed by atoms with E-state index in [9.17, 15) is 9.59 Å². The number of likely N-dealkylation sites (tertiary alicyclic amines) is 1. The van der Waals surface area contributed by atoms with E-state index >= 15 is 0 Å². The van der Waals surface area contributed by atoms with Crippen LogP contribution in [0.4, 0.5) is 10.5 Å². The highest BCUT2D eigenvalue weighted by atomic mass is 32.1. The molecule has 0 bridgehead atoms. The molecule has 1 saturated heterocycles. The third-order valence-corrected chi connectivity index (χ3v) is 5.82. The van der Waals surface area contributed by atoms with E-state index in [1.54, 1.807) is 21.1 Å². The number of para-hydroxylation sites is 1. The summed E-state index contributed by atoms with van der Waals surface area (Å²) in [6, 6.07) is 11.4. The minimum absolute atomic E-state index is 0.120. The molecule has 138 valence electrons. The molecule has 1 aliphatic rings. The molecule has 0 aliphatic carbocycles. The van der Waals surface area contributed by atoms with Gasteiger partial charge < -0.3 is 15.1 Å². The van der Waals surface area contributed by atoms with Crippen LogP contribution >= 0.6 is 11.3 Å². The van der Waals surface area contributed by atoms with Gasteiger partial charge in [-0.05, 0) is 48.9 Å². The van der Waals surface area contributed by atoms with Crippen molar-refractivity contribution in [3.63, 3.8) is 0 Å². The minimum atomic E-state index is -0.134. The van der Waals surface area contributed by atoms with Crippen LogP contribution in [0.15, 0.2) is 41.8 Å². The van der Waals surface area contributed by atoms with E-state index in [4.69, 9.17) is 0 Å². The van der Waals surface area contributed by atoms with Gasteiger partial charge in [0.15, 0.2) is 0 Å². The Labute approximate surface area is 158 Å². The zero-order valence-electron chi connectivity index (χ0n) is 15.3. The maximum absolute atomic E-state index is 12.8. The molecule has 0 saturated carbocycles. The van der Waals surface area contributed by atoms with Crippen LogP contribution in [0.1, 0.15) is 23.3 Å².